The fourth-order valence-corrected chi connectivity index (χ4v) is 3.33. The van der Waals surface area contributed by atoms with E-state index in [9.17, 15) is 13.2 Å². The number of hydrogen-bond acceptors (Lipinski definition) is 4. The molecular formula is C15H19N3O3S. The molecule has 1 aromatic heterocycles. The lowest BCUT2D eigenvalue weighted by Gasteiger charge is -2.05. The minimum atomic E-state index is -3.27. The number of carbonyl (C=O) groups is 1. The van der Waals surface area contributed by atoms with Crippen LogP contribution in [0.3, 0.4) is 0 Å². The van der Waals surface area contributed by atoms with E-state index in [-0.39, 0.29) is 11.7 Å². The van der Waals surface area contributed by atoms with Gasteiger partial charge in [-0.1, -0.05) is 17.7 Å². The Bertz CT molecular complexity index is 749. The zero-order chi connectivity index (χ0) is 16.2. The quantitative estimate of drug-likeness (QED) is 0.882. The van der Waals surface area contributed by atoms with Gasteiger partial charge >= 0.3 is 0 Å². The first-order valence-corrected chi connectivity index (χ1v) is 8.61. The molecular weight excluding hydrogens is 302 g/mol. The van der Waals surface area contributed by atoms with Gasteiger partial charge in [-0.15, -0.1) is 0 Å². The summed E-state index contributed by atoms with van der Waals surface area (Å²) in [5, 5.41) is 6.70. The maximum Gasteiger partial charge on any atom is 0.221 e. The van der Waals surface area contributed by atoms with Gasteiger partial charge in [-0.25, -0.2) is 8.42 Å². The van der Waals surface area contributed by atoms with Crippen LogP contribution in [0.2, 0.25) is 0 Å². The van der Waals surface area contributed by atoms with E-state index in [1.54, 1.807) is 35.1 Å². The van der Waals surface area contributed by atoms with Gasteiger partial charge in [0, 0.05) is 19.7 Å². The van der Waals surface area contributed by atoms with Crippen LogP contribution in [0.25, 0.3) is 0 Å². The average molecular weight is 321 g/mol. The van der Waals surface area contributed by atoms with E-state index < -0.39 is 9.84 Å². The van der Waals surface area contributed by atoms with E-state index in [2.05, 4.69) is 10.4 Å². The lowest BCUT2D eigenvalue weighted by atomic mass is 10.2. The van der Waals surface area contributed by atoms with Crippen molar-refractivity contribution in [3.8, 4) is 0 Å². The third-order valence-corrected chi connectivity index (χ3v) is 4.95. The highest BCUT2D eigenvalue weighted by Crippen LogP contribution is 2.13. The van der Waals surface area contributed by atoms with Crippen molar-refractivity contribution in [3.05, 3.63) is 42.2 Å². The Labute approximate surface area is 130 Å². The number of aryl methyl sites for hydroxylation is 2. The largest absolute Gasteiger partial charge is 0.324 e. The Hall–Kier alpha value is -2.15. The van der Waals surface area contributed by atoms with Crippen molar-refractivity contribution in [3.63, 3.8) is 0 Å². The fourth-order valence-electron chi connectivity index (χ4n) is 2.03. The molecule has 0 saturated heterocycles. The number of amides is 1. The highest BCUT2D eigenvalue weighted by Gasteiger charge is 2.13. The van der Waals surface area contributed by atoms with Gasteiger partial charge in [0.05, 0.1) is 22.5 Å². The van der Waals surface area contributed by atoms with Gasteiger partial charge in [-0.05, 0) is 25.5 Å². The van der Waals surface area contributed by atoms with Gasteiger partial charge in [0.15, 0.2) is 9.84 Å². The van der Waals surface area contributed by atoms with Crippen LogP contribution in [0.15, 0.2) is 41.6 Å². The molecule has 1 amide bonds. The second kappa shape index (κ2) is 6.74. The summed E-state index contributed by atoms with van der Waals surface area (Å²) in [6, 6.07) is 6.85. The van der Waals surface area contributed by atoms with Gasteiger partial charge in [0.25, 0.3) is 0 Å². The summed E-state index contributed by atoms with van der Waals surface area (Å²) in [5.74, 6) is -0.104. The summed E-state index contributed by atoms with van der Waals surface area (Å²) >= 11 is 0. The topological polar surface area (TPSA) is 81.1 Å². The van der Waals surface area contributed by atoms with Crippen LogP contribution in [0.1, 0.15) is 18.9 Å². The second-order valence-electron chi connectivity index (χ2n) is 5.16. The van der Waals surface area contributed by atoms with Crippen LogP contribution in [0.4, 0.5) is 5.69 Å². The fraction of sp³-hybridized carbons (Fsp3) is 0.333. The number of nitrogens with zero attached hydrogens (tertiary/aromatic N) is 2. The molecule has 0 bridgehead atoms. The van der Waals surface area contributed by atoms with Crippen LogP contribution < -0.4 is 5.32 Å². The standard InChI is InChI=1S/C15H19N3O3S/c1-12-4-6-15(7-5-12)22(20,21)9-3-8-18-11-14(10-16-18)17-13(2)19/h4-7,10-11H,3,8-9H2,1-2H3,(H,17,19). The Kier molecular flexibility index (Phi) is 4.97. The molecule has 1 N–H and O–H groups in total. The molecule has 0 saturated carbocycles. The van der Waals surface area contributed by atoms with Crippen molar-refractivity contribution >= 4 is 21.4 Å². The van der Waals surface area contributed by atoms with Gasteiger partial charge in [-0.3, -0.25) is 9.48 Å². The molecule has 2 aromatic rings. The number of sulfone groups is 1. The van der Waals surface area contributed by atoms with Crippen molar-refractivity contribution in [2.75, 3.05) is 11.1 Å². The van der Waals surface area contributed by atoms with Crippen LogP contribution in [0, 0.1) is 6.92 Å². The molecule has 118 valence electrons. The summed E-state index contributed by atoms with van der Waals surface area (Å²) in [5.41, 5.74) is 1.63. The number of aromatic nitrogens is 2. The molecule has 22 heavy (non-hydrogen) atoms. The Morgan fingerprint density at radius 2 is 1.95 bits per heavy atom. The SMILES string of the molecule is CC(=O)Nc1cnn(CCCS(=O)(=O)c2ccc(C)cc2)c1. The summed E-state index contributed by atoms with van der Waals surface area (Å²) in [7, 11) is -3.27. The highest BCUT2D eigenvalue weighted by molar-refractivity contribution is 7.91. The molecule has 0 aliphatic heterocycles. The molecule has 0 atom stereocenters. The number of benzene rings is 1. The van der Waals surface area contributed by atoms with E-state index in [0.29, 0.717) is 23.5 Å². The predicted molar refractivity (Wildman–Crippen MR) is 84.4 cm³/mol. The minimum Gasteiger partial charge on any atom is -0.324 e. The minimum absolute atomic E-state index is 0.0609. The van der Waals surface area contributed by atoms with Crippen molar-refractivity contribution in [1.82, 2.24) is 9.78 Å². The Balaban J connectivity index is 1.91. The average Bonchev–Trinajstić information content (AvgIpc) is 2.85. The second-order valence-corrected chi connectivity index (χ2v) is 7.27. The monoisotopic (exact) mass is 321 g/mol. The third kappa shape index (κ3) is 4.42. The number of hydrogen-bond donors (Lipinski definition) is 1. The zero-order valence-electron chi connectivity index (χ0n) is 12.6. The number of anilines is 1. The molecule has 1 heterocycles. The van der Waals surface area contributed by atoms with Crippen molar-refractivity contribution in [2.24, 2.45) is 0 Å². The molecule has 2 rings (SSSR count). The highest BCUT2D eigenvalue weighted by atomic mass is 32.2. The molecule has 0 fully saturated rings. The first-order chi connectivity index (χ1) is 10.4. The molecule has 0 spiro atoms. The van der Waals surface area contributed by atoms with Gasteiger partial charge in [0.1, 0.15) is 0 Å². The van der Waals surface area contributed by atoms with Crippen molar-refractivity contribution in [2.45, 2.75) is 31.7 Å². The molecule has 0 radical (unpaired) electrons. The normalized spacial score (nSPS) is 11.4. The first kappa shape index (κ1) is 16.2. The molecule has 7 heteroatoms. The van der Waals surface area contributed by atoms with Gasteiger partial charge < -0.3 is 5.32 Å². The first-order valence-electron chi connectivity index (χ1n) is 6.96. The zero-order valence-corrected chi connectivity index (χ0v) is 13.4. The molecule has 0 aliphatic carbocycles. The van der Waals surface area contributed by atoms with Crippen LogP contribution in [0.5, 0.6) is 0 Å². The summed E-state index contributed by atoms with van der Waals surface area (Å²) in [6.07, 6.45) is 3.67. The van der Waals surface area contributed by atoms with Gasteiger partial charge in [-0.2, -0.15) is 5.10 Å². The smallest absolute Gasteiger partial charge is 0.221 e. The van der Waals surface area contributed by atoms with Crippen molar-refractivity contribution in [1.29, 1.82) is 0 Å². The third-order valence-electron chi connectivity index (χ3n) is 3.13. The lowest BCUT2D eigenvalue weighted by Crippen LogP contribution is -2.10. The van der Waals surface area contributed by atoms with Crippen LogP contribution >= 0.6 is 0 Å². The number of rotatable bonds is 6. The Morgan fingerprint density at radius 1 is 1.27 bits per heavy atom. The van der Waals surface area contributed by atoms with Gasteiger partial charge in [0.2, 0.25) is 5.91 Å². The summed E-state index contributed by atoms with van der Waals surface area (Å²) in [6.45, 7) is 3.82. The molecule has 6 nitrogen and oxygen atoms in total. The molecule has 0 aliphatic rings. The number of nitrogens with one attached hydrogen (secondary N) is 1. The van der Waals surface area contributed by atoms with Crippen molar-refractivity contribution < 1.29 is 13.2 Å². The Morgan fingerprint density at radius 3 is 2.59 bits per heavy atom. The van der Waals surface area contributed by atoms with Crippen LogP contribution in [-0.2, 0) is 21.2 Å². The van der Waals surface area contributed by atoms with E-state index in [0.717, 1.165) is 5.56 Å². The summed E-state index contributed by atoms with van der Waals surface area (Å²) in [4.78, 5) is 11.3. The summed E-state index contributed by atoms with van der Waals surface area (Å²) < 4.78 is 26.0. The number of carbonyl (C=O) groups excluding carboxylic acids is 1. The van der Waals surface area contributed by atoms with Crippen LogP contribution in [-0.4, -0.2) is 29.9 Å². The molecule has 1 aromatic carbocycles. The van der Waals surface area contributed by atoms with E-state index in [4.69, 9.17) is 0 Å². The molecule has 0 unspecified atom stereocenters. The van der Waals surface area contributed by atoms with E-state index in [1.807, 2.05) is 6.92 Å². The predicted octanol–water partition coefficient (Wildman–Crippen LogP) is 2.01. The lowest BCUT2D eigenvalue weighted by molar-refractivity contribution is -0.114. The van der Waals surface area contributed by atoms with E-state index in [1.165, 1.54) is 13.1 Å². The maximum absolute atomic E-state index is 12.2. The van der Waals surface area contributed by atoms with E-state index >= 15 is 0 Å². The maximum atomic E-state index is 12.2.